The summed E-state index contributed by atoms with van der Waals surface area (Å²) < 4.78 is 4.96. The van der Waals surface area contributed by atoms with E-state index in [-0.39, 0.29) is 12.5 Å². The molecule has 20 heavy (non-hydrogen) atoms. The number of ether oxygens (including phenoxy) is 1. The smallest absolute Gasteiger partial charge is 0.408 e. The lowest BCUT2D eigenvalue weighted by Gasteiger charge is -2.21. The van der Waals surface area contributed by atoms with Crippen LogP contribution in [0.2, 0.25) is 0 Å². The fraction of sp³-hybridized carbons (Fsp3) is 0.769. The number of carboxylic acid groups (broad SMARTS) is 1. The predicted molar refractivity (Wildman–Crippen MR) is 73.3 cm³/mol. The predicted octanol–water partition coefficient (Wildman–Crippen LogP) is 1.13. The summed E-state index contributed by atoms with van der Waals surface area (Å²) in [5.74, 6) is -1.86. The Morgan fingerprint density at radius 3 is 2.20 bits per heavy atom. The van der Waals surface area contributed by atoms with Crippen molar-refractivity contribution < 1.29 is 24.2 Å². The van der Waals surface area contributed by atoms with E-state index in [0.29, 0.717) is 6.42 Å². The summed E-state index contributed by atoms with van der Waals surface area (Å²) >= 11 is 0. The third-order valence-electron chi connectivity index (χ3n) is 2.59. The van der Waals surface area contributed by atoms with E-state index in [4.69, 9.17) is 9.84 Å². The quantitative estimate of drug-likeness (QED) is 0.679. The molecule has 2 amide bonds. The fourth-order valence-electron chi connectivity index (χ4n) is 1.37. The number of carbonyl (C=O) groups excluding carboxylic acids is 2. The van der Waals surface area contributed by atoms with Crippen LogP contribution >= 0.6 is 0 Å². The van der Waals surface area contributed by atoms with Gasteiger partial charge in [-0.2, -0.15) is 0 Å². The summed E-state index contributed by atoms with van der Waals surface area (Å²) in [4.78, 5) is 34.0. The molecule has 0 aromatic rings. The Hall–Kier alpha value is -1.79. The normalized spacial score (nSPS) is 14.1. The SMILES string of the molecule is CCC(C)[C@H](NC(=O)CNC(=O)OC(C)(C)C)C(=O)O. The minimum atomic E-state index is -1.09. The third kappa shape index (κ3) is 7.60. The first kappa shape index (κ1) is 18.2. The maximum absolute atomic E-state index is 11.6. The van der Waals surface area contributed by atoms with Gasteiger partial charge < -0.3 is 20.5 Å². The maximum atomic E-state index is 11.6. The molecule has 0 spiro atoms. The first-order valence-electron chi connectivity index (χ1n) is 6.55. The highest BCUT2D eigenvalue weighted by Crippen LogP contribution is 2.08. The molecule has 0 rings (SSSR count). The van der Waals surface area contributed by atoms with E-state index in [1.807, 2.05) is 6.92 Å². The highest BCUT2D eigenvalue weighted by Gasteiger charge is 2.25. The summed E-state index contributed by atoms with van der Waals surface area (Å²) in [6.45, 7) is 8.36. The van der Waals surface area contributed by atoms with Gasteiger partial charge in [0.05, 0.1) is 0 Å². The molecule has 0 aliphatic carbocycles. The standard InChI is InChI=1S/C13H24N2O5/c1-6-8(2)10(11(17)18)15-9(16)7-14-12(19)20-13(3,4)5/h8,10H,6-7H2,1-5H3,(H,14,19)(H,15,16)(H,17,18)/t8?,10-/m0/s1. The molecule has 3 N–H and O–H groups in total. The molecule has 0 saturated heterocycles. The zero-order valence-electron chi connectivity index (χ0n) is 12.6. The number of rotatable bonds is 6. The van der Waals surface area contributed by atoms with Crippen molar-refractivity contribution in [3.63, 3.8) is 0 Å². The van der Waals surface area contributed by atoms with E-state index < -0.39 is 29.6 Å². The molecule has 7 nitrogen and oxygen atoms in total. The maximum Gasteiger partial charge on any atom is 0.408 e. The van der Waals surface area contributed by atoms with E-state index in [1.165, 1.54) is 0 Å². The summed E-state index contributed by atoms with van der Waals surface area (Å²) in [7, 11) is 0. The van der Waals surface area contributed by atoms with Gasteiger partial charge in [-0.25, -0.2) is 9.59 Å². The van der Waals surface area contributed by atoms with Crippen molar-refractivity contribution in [2.45, 2.75) is 52.7 Å². The Labute approximate surface area is 119 Å². The molecule has 0 bridgehead atoms. The third-order valence-corrected chi connectivity index (χ3v) is 2.59. The molecule has 0 fully saturated rings. The van der Waals surface area contributed by atoms with Gasteiger partial charge in [0.15, 0.2) is 0 Å². The Balaban J connectivity index is 4.28. The van der Waals surface area contributed by atoms with Crippen LogP contribution in [0.5, 0.6) is 0 Å². The van der Waals surface area contributed by atoms with Gasteiger partial charge >= 0.3 is 12.1 Å². The minimum absolute atomic E-state index is 0.196. The van der Waals surface area contributed by atoms with Gasteiger partial charge in [0.1, 0.15) is 18.2 Å². The lowest BCUT2D eigenvalue weighted by molar-refractivity contribution is -0.143. The molecule has 0 radical (unpaired) electrons. The molecule has 0 aromatic heterocycles. The Bertz CT molecular complexity index is 362. The Morgan fingerprint density at radius 1 is 1.25 bits per heavy atom. The van der Waals surface area contributed by atoms with Crippen LogP contribution in [-0.2, 0) is 14.3 Å². The van der Waals surface area contributed by atoms with Gasteiger partial charge in [0, 0.05) is 0 Å². The molecular weight excluding hydrogens is 264 g/mol. The van der Waals surface area contributed by atoms with Crippen LogP contribution in [0.1, 0.15) is 41.0 Å². The molecule has 116 valence electrons. The molecular formula is C13H24N2O5. The van der Waals surface area contributed by atoms with Crippen LogP contribution in [0.25, 0.3) is 0 Å². The van der Waals surface area contributed by atoms with Crippen LogP contribution in [0, 0.1) is 5.92 Å². The Kier molecular flexibility index (Phi) is 7.02. The second-order valence-electron chi connectivity index (χ2n) is 5.62. The van der Waals surface area contributed by atoms with E-state index in [2.05, 4.69) is 10.6 Å². The summed E-state index contributed by atoms with van der Waals surface area (Å²) in [5.41, 5.74) is -0.652. The number of nitrogens with one attached hydrogen (secondary N) is 2. The van der Waals surface area contributed by atoms with Crippen LogP contribution in [0.3, 0.4) is 0 Å². The number of carboxylic acids is 1. The first-order chi connectivity index (χ1) is 9.06. The van der Waals surface area contributed by atoms with Gasteiger partial charge in [-0.15, -0.1) is 0 Å². The number of alkyl carbamates (subject to hydrolysis) is 1. The van der Waals surface area contributed by atoms with Gasteiger partial charge in [-0.1, -0.05) is 20.3 Å². The fourth-order valence-corrected chi connectivity index (χ4v) is 1.37. The average Bonchev–Trinajstić information content (AvgIpc) is 2.30. The van der Waals surface area contributed by atoms with Crippen molar-refractivity contribution in [1.82, 2.24) is 10.6 Å². The van der Waals surface area contributed by atoms with Crippen LogP contribution in [0.15, 0.2) is 0 Å². The van der Waals surface area contributed by atoms with Gasteiger partial charge in [-0.05, 0) is 26.7 Å². The van der Waals surface area contributed by atoms with Crippen molar-refractivity contribution >= 4 is 18.0 Å². The van der Waals surface area contributed by atoms with Gasteiger partial charge in [0.25, 0.3) is 0 Å². The number of hydrogen-bond donors (Lipinski definition) is 3. The van der Waals surface area contributed by atoms with Crippen LogP contribution < -0.4 is 10.6 Å². The summed E-state index contributed by atoms with van der Waals surface area (Å²) in [6, 6.07) is -0.965. The molecule has 0 aliphatic heterocycles. The number of carbonyl (C=O) groups is 3. The second-order valence-corrected chi connectivity index (χ2v) is 5.62. The van der Waals surface area contributed by atoms with Crippen molar-refractivity contribution in [2.24, 2.45) is 5.92 Å². The number of amides is 2. The number of hydrogen-bond acceptors (Lipinski definition) is 4. The van der Waals surface area contributed by atoms with Crippen molar-refractivity contribution in [2.75, 3.05) is 6.54 Å². The summed E-state index contributed by atoms with van der Waals surface area (Å²) in [5, 5.41) is 13.7. The zero-order valence-corrected chi connectivity index (χ0v) is 12.6. The lowest BCUT2D eigenvalue weighted by Crippen LogP contribution is -2.48. The summed E-state index contributed by atoms with van der Waals surface area (Å²) in [6.07, 6.45) is -0.0976. The van der Waals surface area contributed by atoms with Gasteiger partial charge in [-0.3, -0.25) is 4.79 Å². The van der Waals surface area contributed by atoms with Crippen molar-refractivity contribution in [3.05, 3.63) is 0 Å². The van der Waals surface area contributed by atoms with E-state index in [1.54, 1.807) is 27.7 Å². The van der Waals surface area contributed by atoms with Crippen molar-refractivity contribution in [3.8, 4) is 0 Å². The molecule has 0 aliphatic rings. The second kappa shape index (κ2) is 7.72. The van der Waals surface area contributed by atoms with Gasteiger partial charge in [0.2, 0.25) is 5.91 Å². The van der Waals surface area contributed by atoms with Crippen LogP contribution in [-0.4, -0.2) is 41.3 Å². The lowest BCUT2D eigenvalue weighted by atomic mass is 9.99. The topological polar surface area (TPSA) is 105 Å². The Morgan fingerprint density at radius 2 is 1.80 bits per heavy atom. The van der Waals surface area contributed by atoms with Crippen LogP contribution in [0.4, 0.5) is 4.79 Å². The highest BCUT2D eigenvalue weighted by atomic mass is 16.6. The van der Waals surface area contributed by atoms with E-state index >= 15 is 0 Å². The zero-order chi connectivity index (χ0) is 15.9. The minimum Gasteiger partial charge on any atom is -0.480 e. The molecule has 0 aromatic carbocycles. The molecule has 1 unspecified atom stereocenters. The monoisotopic (exact) mass is 288 g/mol. The molecule has 0 saturated carbocycles. The molecule has 7 heteroatoms. The number of aliphatic carboxylic acids is 1. The van der Waals surface area contributed by atoms with Crippen molar-refractivity contribution in [1.29, 1.82) is 0 Å². The molecule has 0 heterocycles. The largest absolute Gasteiger partial charge is 0.480 e. The molecule has 2 atom stereocenters. The van der Waals surface area contributed by atoms with E-state index in [0.717, 1.165) is 0 Å². The first-order valence-corrected chi connectivity index (χ1v) is 6.55. The van der Waals surface area contributed by atoms with E-state index in [9.17, 15) is 14.4 Å². The average molecular weight is 288 g/mol. The highest BCUT2D eigenvalue weighted by molar-refractivity contribution is 5.86.